The average Bonchev–Trinajstić information content (AvgIpc) is 2.56. The van der Waals surface area contributed by atoms with Crippen molar-refractivity contribution >= 4 is 11.7 Å². The highest BCUT2D eigenvalue weighted by atomic mass is 16.2. The fourth-order valence-corrected chi connectivity index (χ4v) is 2.14. The Labute approximate surface area is 135 Å². The predicted octanol–water partition coefficient (Wildman–Crippen LogP) is 1.18. The highest BCUT2D eigenvalue weighted by Gasteiger charge is 2.15. The number of Topliss-reactive ketones (excluding diaryl/α,β-unsaturated/α-hetero) is 1. The summed E-state index contributed by atoms with van der Waals surface area (Å²) >= 11 is 0. The van der Waals surface area contributed by atoms with Gasteiger partial charge in [-0.3, -0.25) is 19.6 Å². The number of rotatable bonds is 8. The highest BCUT2D eigenvalue weighted by Crippen LogP contribution is 2.04. The van der Waals surface area contributed by atoms with E-state index in [2.05, 4.69) is 15.3 Å². The van der Waals surface area contributed by atoms with Crippen molar-refractivity contribution in [3.05, 3.63) is 60.2 Å². The average molecular weight is 312 g/mol. The van der Waals surface area contributed by atoms with Gasteiger partial charge in [0.1, 0.15) is 5.78 Å². The van der Waals surface area contributed by atoms with Crippen LogP contribution in [0.15, 0.2) is 49.1 Å². The van der Waals surface area contributed by atoms with Crippen molar-refractivity contribution in [3.8, 4) is 0 Å². The fraction of sp³-hybridized carbons (Fsp3) is 0.294. The normalized spacial score (nSPS) is 10.3. The van der Waals surface area contributed by atoms with Crippen molar-refractivity contribution in [2.45, 2.75) is 20.0 Å². The predicted molar refractivity (Wildman–Crippen MR) is 86.3 cm³/mol. The summed E-state index contributed by atoms with van der Waals surface area (Å²) in [6.07, 6.45) is 6.77. The third-order valence-electron chi connectivity index (χ3n) is 3.24. The van der Waals surface area contributed by atoms with Crippen LogP contribution in [0.25, 0.3) is 0 Å². The number of amides is 1. The number of aromatic nitrogens is 2. The third-order valence-corrected chi connectivity index (χ3v) is 3.24. The van der Waals surface area contributed by atoms with E-state index in [0.717, 1.165) is 11.1 Å². The largest absolute Gasteiger partial charge is 0.330 e. The molecule has 0 fully saturated rings. The van der Waals surface area contributed by atoms with E-state index in [4.69, 9.17) is 0 Å². The minimum atomic E-state index is -0.105. The lowest BCUT2D eigenvalue weighted by molar-refractivity contribution is -0.134. The zero-order chi connectivity index (χ0) is 16.5. The highest BCUT2D eigenvalue weighted by molar-refractivity contribution is 5.85. The van der Waals surface area contributed by atoms with Crippen LogP contribution < -0.4 is 5.32 Å². The lowest BCUT2D eigenvalue weighted by Gasteiger charge is -2.21. The zero-order valence-corrected chi connectivity index (χ0v) is 13.1. The molecule has 120 valence electrons. The third kappa shape index (κ3) is 5.96. The second-order valence-corrected chi connectivity index (χ2v) is 5.27. The Morgan fingerprint density at radius 3 is 2.13 bits per heavy atom. The molecule has 0 saturated heterocycles. The molecule has 0 unspecified atom stereocenters. The van der Waals surface area contributed by atoms with Crippen LogP contribution in [0.3, 0.4) is 0 Å². The van der Waals surface area contributed by atoms with E-state index in [-0.39, 0.29) is 24.8 Å². The molecule has 0 saturated carbocycles. The summed E-state index contributed by atoms with van der Waals surface area (Å²) < 4.78 is 0. The van der Waals surface area contributed by atoms with Crippen molar-refractivity contribution in [2.24, 2.45) is 0 Å². The van der Waals surface area contributed by atoms with E-state index in [9.17, 15) is 9.59 Å². The second-order valence-electron chi connectivity index (χ2n) is 5.27. The van der Waals surface area contributed by atoms with Gasteiger partial charge in [0.05, 0.1) is 13.1 Å². The number of nitrogens with one attached hydrogen (secondary N) is 1. The molecule has 0 aromatic carbocycles. The van der Waals surface area contributed by atoms with Crippen LogP contribution in [0, 0.1) is 0 Å². The number of carbonyl (C=O) groups excluding carboxylic acids is 2. The van der Waals surface area contributed by atoms with Gasteiger partial charge >= 0.3 is 0 Å². The van der Waals surface area contributed by atoms with Crippen LogP contribution in [0.1, 0.15) is 18.1 Å². The molecule has 2 rings (SSSR count). The first-order chi connectivity index (χ1) is 11.1. The monoisotopic (exact) mass is 312 g/mol. The minimum Gasteiger partial charge on any atom is -0.330 e. The standard InChI is InChI=1S/C17H20N4O2/c1-14(22)12-21(13-16-4-8-19-9-5-16)17(23)11-20-10-15-2-6-18-7-3-15/h2-9,20H,10-13H2,1H3. The summed E-state index contributed by atoms with van der Waals surface area (Å²) in [7, 11) is 0. The van der Waals surface area contributed by atoms with Gasteiger partial charge in [-0.05, 0) is 42.3 Å². The van der Waals surface area contributed by atoms with Crippen LogP contribution in [0.5, 0.6) is 0 Å². The van der Waals surface area contributed by atoms with Crippen LogP contribution in [-0.4, -0.2) is 39.6 Å². The molecule has 6 nitrogen and oxygen atoms in total. The Kier molecular flexibility index (Phi) is 6.38. The van der Waals surface area contributed by atoms with Gasteiger partial charge in [0.15, 0.2) is 0 Å². The molecule has 1 N–H and O–H groups in total. The van der Waals surface area contributed by atoms with Crippen molar-refractivity contribution in [2.75, 3.05) is 13.1 Å². The molecule has 1 amide bonds. The van der Waals surface area contributed by atoms with Crippen LogP contribution in [0.2, 0.25) is 0 Å². The van der Waals surface area contributed by atoms with Crippen LogP contribution in [0.4, 0.5) is 0 Å². The molecule has 0 atom stereocenters. The van der Waals surface area contributed by atoms with Crippen molar-refractivity contribution in [3.63, 3.8) is 0 Å². The van der Waals surface area contributed by atoms with Crippen molar-refractivity contribution in [1.82, 2.24) is 20.2 Å². The molecule has 2 heterocycles. The molecular formula is C17H20N4O2. The maximum atomic E-state index is 12.4. The van der Waals surface area contributed by atoms with Gasteiger partial charge in [0.2, 0.25) is 5.91 Å². The molecule has 23 heavy (non-hydrogen) atoms. The Bertz CT molecular complexity index is 632. The van der Waals surface area contributed by atoms with Gasteiger partial charge in [-0.1, -0.05) is 0 Å². The van der Waals surface area contributed by atoms with E-state index >= 15 is 0 Å². The molecular weight excluding hydrogens is 292 g/mol. The first-order valence-electron chi connectivity index (χ1n) is 7.41. The first kappa shape index (κ1) is 16.8. The van der Waals surface area contributed by atoms with E-state index in [1.807, 2.05) is 24.3 Å². The zero-order valence-electron chi connectivity index (χ0n) is 13.1. The van der Waals surface area contributed by atoms with Gasteiger partial charge in [-0.15, -0.1) is 0 Å². The van der Waals surface area contributed by atoms with Crippen molar-refractivity contribution < 1.29 is 9.59 Å². The van der Waals surface area contributed by atoms with E-state index < -0.39 is 0 Å². The molecule has 2 aromatic rings. The van der Waals surface area contributed by atoms with Gasteiger partial charge in [0, 0.05) is 37.9 Å². The SMILES string of the molecule is CC(=O)CN(Cc1ccncc1)C(=O)CNCc1ccncc1. The van der Waals surface area contributed by atoms with Gasteiger partial charge in [-0.2, -0.15) is 0 Å². The number of hydrogen-bond donors (Lipinski definition) is 1. The van der Waals surface area contributed by atoms with Gasteiger partial charge < -0.3 is 10.2 Å². The summed E-state index contributed by atoms with van der Waals surface area (Å²) in [6, 6.07) is 7.46. The van der Waals surface area contributed by atoms with E-state index in [1.165, 1.54) is 6.92 Å². The maximum Gasteiger partial charge on any atom is 0.237 e. The summed E-state index contributed by atoms with van der Waals surface area (Å²) in [6.45, 7) is 2.76. The Hall–Kier alpha value is -2.60. The molecule has 0 bridgehead atoms. The van der Waals surface area contributed by atoms with Gasteiger partial charge in [0.25, 0.3) is 0 Å². The molecule has 0 radical (unpaired) electrons. The number of nitrogens with zero attached hydrogens (tertiary/aromatic N) is 3. The molecule has 0 aliphatic carbocycles. The summed E-state index contributed by atoms with van der Waals surface area (Å²) in [5, 5.41) is 3.10. The Morgan fingerprint density at radius 2 is 1.57 bits per heavy atom. The molecule has 0 aliphatic heterocycles. The van der Waals surface area contributed by atoms with Gasteiger partial charge in [-0.25, -0.2) is 0 Å². The molecule has 2 aromatic heterocycles. The summed E-state index contributed by atoms with van der Waals surface area (Å²) in [5.41, 5.74) is 2.00. The van der Waals surface area contributed by atoms with Crippen LogP contribution in [-0.2, 0) is 22.7 Å². The lowest BCUT2D eigenvalue weighted by Crippen LogP contribution is -2.40. The molecule has 0 spiro atoms. The fourth-order valence-electron chi connectivity index (χ4n) is 2.14. The summed E-state index contributed by atoms with van der Waals surface area (Å²) in [5.74, 6) is -0.146. The van der Waals surface area contributed by atoms with E-state index in [0.29, 0.717) is 13.1 Å². The number of pyridine rings is 2. The smallest absolute Gasteiger partial charge is 0.237 e. The quantitative estimate of drug-likeness (QED) is 0.792. The molecule has 6 heteroatoms. The number of carbonyl (C=O) groups is 2. The van der Waals surface area contributed by atoms with Crippen LogP contribution >= 0.6 is 0 Å². The number of ketones is 1. The maximum absolute atomic E-state index is 12.4. The Morgan fingerprint density at radius 1 is 1.00 bits per heavy atom. The van der Waals surface area contributed by atoms with Crippen molar-refractivity contribution in [1.29, 1.82) is 0 Å². The first-order valence-corrected chi connectivity index (χ1v) is 7.41. The minimum absolute atomic E-state index is 0.0402. The Balaban J connectivity index is 1.89. The topological polar surface area (TPSA) is 75.2 Å². The second kappa shape index (κ2) is 8.75. The molecule has 0 aliphatic rings. The lowest BCUT2D eigenvalue weighted by atomic mass is 10.2. The van der Waals surface area contributed by atoms with E-state index in [1.54, 1.807) is 29.7 Å². The number of hydrogen-bond acceptors (Lipinski definition) is 5. The summed E-state index contributed by atoms with van der Waals surface area (Å²) in [4.78, 5) is 33.2.